The predicted octanol–water partition coefficient (Wildman–Crippen LogP) is 3.31. The number of hydrogen-bond acceptors (Lipinski definition) is 6. The molecule has 2 heterocycles. The molecule has 0 amide bonds. The van der Waals surface area contributed by atoms with Gasteiger partial charge in [-0.05, 0) is 42.3 Å². The second-order valence-corrected chi connectivity index (χ2v) is 9.04. The third-order valence-electron chi connectivity index (χ3n) is 4.67. The zero-order valence-corrected chi connectivity index (χ0v) is 16.8. The highest BCUT2D eigenvalue weighted by atomic mass is 32.2. The normalized spacial score (nSPS) is 19.5. The number of benzene rings is 2. The molecule has 1 aliphatic rings. The van der Waals surface area contributed by atoms with Gasteiger partial charge in [0.05, 0.1) is 10.5 Å². The molecule has 0 radical (unpaired) electrons. The van der Waals surface area contributed by atoms with Gasteiger partial charge in [0.2, 0.25) is 10.0 Å². The quantitative estimate of drug-likeness (QED) is 0.640. The molecule has 1 aliphatic heterocycles. The molecule has 0 saturated carbocycles. The molecule has 29 heavy (non-hydrogen) atoms. The Morgan fingerprint density at radius 3 is 2.24 bits per heavy atom. The van der Waals surface area contributed by atoms with Crippen LogP contribution < -0.4 is 5.14 Å². The molecule has 0 bridgehead atoms. The molecule has 0 spiro atoms. The number of nitrogens with zero attached hydrogens (tertiary/aromatic N) is 1. The summed E-state index contributed by atoms with van der Waals surface area (Å²) in [7, 11) is -3.86. The summed E-state index contributed by atoms with van der Waals surface area (Å²) in [5.74, 6) is -0.998. The predicted molar refractivity (Wildman–Crippen MR) is 107 cm³/mol. The maximum atomic E-state index is 13.4. The van der Waals surface area contributed by atoms with Crippen molar-refractivity contribution in [1.82, 2.24) is 4.98 Å². The third kappa shape index (κ3) is 3.37. The average molecular weight is 430 g/mol. The summed E-state index contributed by atoms with van der Waals surface area (Å²) in [5, 5.41) is 7.52. The Bertz CT molecular complexity index is 1220. The number of carbonyl (C=O) groups is 1. The molecule has 3 aromatic rings. The average Bonchev–Trinajstić information content (AvgIpc) is 3.29. The monoisotopic (exact) mass is 430 g/mol. The number of nitrogens with two attached hydrogens (primary N) is 1. The molecule has 9 heteroatoms. The lowest BCUT2D eigenvalue weighted by atomic mass is 9.86. The van der Waals surface area contributed by atoms with E-state index in [9.17, 15) is 17.6 Å². The minimum absolute atomic E-state index is 0.0497. The smallest absolute Gasteiger partial charge is 0.340 e. The van der Waals surface area contributed by atoms with Crippen LogP contribution in [0, 0.1) is 5.82 Å². The van der Waals surface area contributed by atoms with Crippen LogP contribution in [0.1, 0.15) is 23.1 Å². The van der Waals surface area contributed by atoms with Crippen molar-refractivity contribution < 1.29 is 22.3 Å². The lowest BCUT2D eigenvalue weighted by Gasteiger charge is -2.24. The first-order valence-electron chi connectivity index (χ1n) is 8.47. The molecular formula is C20H15FN2O4S2. The van der Waals surface area contributed by atoms with E-state index in [1.807, 2.05) is 0 Å². The Morgan fingerprint density at radius 1 is 1.07 bits per heavy atom. The Balaban J connectivity index is 1.97. The van der Waals surface area contributed by atoms with Crippen molar-refractivity contribution in [3.05, 3.63) is 82.1 Å². The fourth-order valence-corrected chi connectivity index (χ4v) is 4.60. The molecule has 1 aromatic heterocycles. The van der Waals surface area contributed by atoms with E-state index in [0.717, 1.165) is 0 Å². The van der Waals surface area contributed by atoms with Crippen LogP contribution in [0.5, 0.6) is 0 Å². The van der Waals surface area contributed by atoms with Gasteiger partial charge in [-0.2, -0.15) is 0 Å². The van der Waals surface area contributed by atoms with Gasteiger partial charge < -0.3 is 4.74 Å². The van der Waals surface area contributed by atoms with Gasteiger partial charge in [0, 0.05) is 17.2 Å². The molecule has 2 N–H and O–H groups in total. The molecule has 0 fully saturated rings. The first-order valence-corrected chi connectivity index (χ1v) is 10.9. The molecule has 0 aliphatic carbocycles. The summed E-state index contributed by atoms with van der Waals surface area (Å²) < 4.78 is 42.4. The maximum Gasteiger partial charge on any atom is 0.340 e. The van der Waals surface area contributed by atoms with E-state index < -0.39 is 27.4 Å². The van der Waals surface area contributed by atoms with Gasteiger partial charge in [-0.3, -0.25) is 0 Å². The molecule has 4 rings (SSSR count). The molecule has 148 valence electrons. The first kappa shape index (κ1) is 19.4. The number of carbonyl (C=O) groups excluding carboxylic acids is 1. The van der Waals surface area contributed by atoms with Crippen LogP contribution in [0.3, 0.4) is 0 Å². The van der Waals surface area contributed by atoms with E-state index >= 15 is 0 Å². The van der Waals surface area contributed by atoms with Gasteiger partial charge in [0.25, 0.3) is 0 Å². The maximum absolute atomic E-state index is 13.4. The summed E-state index contributed by atoms with van der Waals surface area (Å²) in [6.45, 7) is 1.73. The number of thiazole rings is 1. The van der Waals surface area contributed by atoms with E-state index in [2.05, 4.69) is 4.98 Å². The van der Waals surface area contributed by atoms with E-state index in [0.29, 0.717) is 21.7 Å². The Hall–Kier alpha value is -2.88. The summed E-state index contributed by atoms with van der Waals surface area (Å²) >= 11 is 1.33. The fourth-order valence-electron chi connectivity index (χ4n) is 3.35. The van der Waals surface area contributed by atoms with E-state index in [1.54, 1.807) is 30.6 Å². The van der Waals surface area contributed by atoms with Crippen molar-refractivity contribution in [3.63, 3.8) is 0 Å². The second kappa shape index (κ2) is 6.87. The van der Waals surface area contributed by atoms with Crippen molar-refractivity contribution in [1.29, 1.82) is 0 Å². The van der Waals surface area contributed by atoms with Gasteiger partial charge in [-0.15, -0.1) is 11.3 Å². The van der Waals surface area contributed by atoms with Gasteiger partial charge >= 0.3 is 5.97 Å². The summed E-state index contributed by atoms with van der Waals surface area (Å²) in [6.07, 6.45) is 1.61. The van der Waals surface area contributed by atoms with Crippen molar-refractivity contribution in [2.75, 3.05) is 0 Å². The highest BCUT2D eigenvalue weighted by Gasteiger charge is 2.48. The Morgan fingerprint density at radius 2 is 1.69 bits per heavy atom. The number of cyclic esters (lactones) is 1. The van der Waals surface area contributed by atoms with Crippen LogP contribution >= 0.6 is 11.3 Å². The highest BCUT2D eigenvalue weighted by Crippen LogP contribution is 2.50. The van der Waals surface area contributed by atoms with Crippen LogP contribution in [0.25, 0.3) is 11.1 Å². The lowest BCUT2D eigenvalue weighted by molar-refractivity contribution is -0.143. The van der Waals surface area contributed by atoms with Crippen LogP contribution in [-0.4, -0.2) is 19.4 Å². The summed E-state index contributed by atoms with van der Waals surface area (Å²) in [5.41, 5.74) is 0.663. The highest BCUT2D eigenvalue weighted by molar-refractivity contribution is 7.89. The second-order valence-electron chi connectivity index (χ2n) is 6.59. The first-order chi connectivity index (χ1) is 13.7. The van der Waals surface area contributed by atoms with Gasteiger partial charge in [0.1, 0.15) is 10.8 Å². The summed E-state index contributed by atoms with van der Waals surface area (Å²) in [6, 6.07) is 11.4. The summed E-state index contributed by atoms with van der Waals surface area (Å²) in [4.78, 5) is 17.1. The minimum atomic E-state index is -3.86. The molecule has 0 saturated heterocycles. The van der Waals surface area contributed by atoms with Crippen molar-refractivity contribution in [2.45, 2.75) is 17.4 Å². The van der Waals surface area contributed by atoms with Crippen LogP contribution in [-0.2, 0) is 25.2 Å². The van der Waals surface area contributed by atoms with Crippen molar-refractivity contribution in [2.24, 2.45) is 5.14 Å². The third-order valence-corrected chi connectivity index (χ3v) is 6.58. The minimum Gasteiger partial charge on any atom is -0.443 e. The zero-order chi connectivity index (χ0) is 20.8. The van der Waals surface area contributed by atoms with Crippen LogP contribution in [0.4, 0.5) is 4.39 Å². The molecular weight excluding hydrogens is 415 g/mol. The van der Waals surface area contributed by atoms with E-state index in [-0.39, 0.29) is 10.5 Å². The molecule has 2 aromatic carbocycles. The Labute approximate surface area is 170 Å². The van der Waals surface area contributed by atoms with E-state index in [4.69, 9.17) is 9.88 Å². The van der Waals surface area contributed by atoms with Gasteiger partial charge in [-0.25, -0.2) is 27.7 Å². The lowest BCUT2D eigenvalue weighted by Crippen LogP contribution is -2.24. The van der Waals surface area contributed by atoms with Gasteiger partial charge in [-0.1, -0.05) is 24.3 Å². The van der Waals surface area contributed by atoms with Crippen molar-refractivity contribution >= 4 is 38.5 Å². The SMILES string of the molecule is CC1(c2nccs2)OC(=O)C(c2ccc(F)cc2)=C1c1ccc(S(N)(=O)=O)cc1. The molecule has 6 nitrogen and oxygen atoms in total. The number of aromatic nitrogens is 1. The number of hydrogen-bond donors (Lipinski definition) is 1. The molecule has 1 unspecified atom stereocenters. The fraction of sp³-hybridized carbons (Fsp3) is 0.100. The number of esters is 1. The topological polar surface area (TPSA) is 99.3 Å². The Kier molecular flexibility index (Phi) is 4.60. The number of sulfonamides is 1. The number of primary sulfonamides is 1. The zero-order valence-electron chi connectivity index (χ0n) is 15.1. The molecule has 1 atom stereocenters. The van der Waals surface area contributed by atoms with Crippen molar-refractivity contribution in [3.8, 4) is 0 Å². The van der Waals surface area contributed by atoms with Gasteiger partial charge in [0.15, 0.2) is 5.60 Å². The number of halogens is 1. The number of ether oxygens (including phenoxy) is 1. The van der Waals surface area contributed by atoms with Crippen LogP contribution in [0.15, 0.2) is 65.0 Å². The van der Waals surface area contributed by atoms with E-state index in [1.165, 1.54) is 47.7 Å². The standard InChI is InChI=1S/C20H15FN2O4S2/c1-20(19-23-10-11-28-19)17(13-4-8-15(9-5-13)29(22,25)26)16(18(24)27-20)12-2-6-14(21)7-3-12/h2-11H,1H3,(H2,22,25,26). The largest absolute Gasteiger partial charge is 0.443 e. The number of rotatable bonds is 4. The van der Waals surface area contributed by atoms with Crippen LogP contribution in [0.2, 0.25) is 0 Å².